The molecule has 1 saturated carbocycles. The maximum absolute atomic E-state index is 6.05. The van der Waals surface area contributed by atoms with E-state index in [2.05, 4.69) is 22.2 Å². The van der Waals surface area contributed by atoms with Crippen LogP contribution in [-0.4, -0.2) is 16.5 Å². The van der Waals surface area contributed by atoms with E-state index < -0.39 is 0 Å². The minimum atomic E-state index is 0.334. The van der Waals surface area contributed by atoms with Gasteiger partial charge in [0.25, 0.3) is 0 Å². The minimum absolute atomic E-state index is 0.334. The maximum Gasteiger partial charge on any atom is 0.150 e. The molecule has 0 unspecified atom stereocenters. The first-order chi connectivity index (χ1) is 8.17. The number of hydrogen-bond acceptors (Lipinski definition) is 4. The number of nitrogen functional groups attached to an aromatic ring is 1. The third kappa shape index (κ3) is 2.63. The van der Waals surface area contributed by atoms with E-state index in [0.717, 1.165) is 6.54 Å². The fraction of sp³-hybridized carbons (Fsp3) is 0.667. The van der Waals surface area contributed by atoms with E-state index in [1.165, 1.54) is 38.4 Å². The number of nitrogens with one attached hydrogen (secondary N) is 1. The van der Waals surface area contributed by atoms with Crippen molar-refractivity contribution in [3.63, 3.8) is 0 Å². The molecule has 0 saturated heterocycles. The van der Waals surface area contributed by atoms with Gasteiger partial charge in [0.15, 0.2) is 0 Å². The molecule has 1 aliphatic rings. The molecule has 0 atom stereocenters. The summed E-state index contributed by atoms with van der Waals surface area (Å²) in [5, 5.41) is 3.75. The third-order valence-electron chi connectivity index (χ3n) is 3.86. The molecule has 5 heteroatoms. The standard InChI is InChI=1S/C12H19ClN4/c1-2-12(5-3-4-6-12)7-15-11-9(13)10(14)16-8-17-11/h8H,2-7H2,1H3,(H3,14,15,16,17). The molecule has 0 bridgehead atoms. The molecule has 1 aromatic rings. The van der Waals surface area contributed by atoms with Crippen LogP contribution in [0.15, 0.2) is 6.33 Å². The summed E-state index contributed by atoms with van der Waals surface area (Å²) in [5.74, 6) is 0.986. The molecule has 0 aromatic carbocycles. The fourth-order valence-electron chi connectivity index (χ4n) is 2.56. The van der Waals surface area contributed by atoms with Crippen LogP contribution < -0.4 is 11.1 Å². The second-order valence-electron chi connectivity index (χ2n) is 4.84. The van der Waals surface area contributed by atoms with Gasteiger partial charge in [-0.15, -0.1) is 0 Å². The van der Waals surface area contributed by atoms with Crippen molar-refractivity contribution in [3.05, 3.63) is 11.3 Å². The van der Waals surface area contributed by atoms with Crippen LogP contribution in [0.2, 0.25) is 5.02 Å². The van der Waals surface area contributed by atoms with Crippen molar-refractivity contribution in [2.75, 3.05) is 17.6 Å². The Bertz CT molecular complexity index is 388. The van der Waals surface area contributed by atoms with E-state index in [1.54, 1.807) is 0 Å². The normalized spacial score (nSPS) is 18.2. The highest BCUT2D eigenvalue weighted by Crippen LogP contribution is 2.41. The van der Waals surface area contributed by atoms with Crippen LogP contribution >= 0.6 is 11.6 Å². The third-order valence-corrected chi connectivity index (χ3v) is 4.23. The van der Waals surface area contributed by atoms with Crippen molar-refractivity contribution in [1.29, 1.82) is 0 Å². The zero-order valence-electron chi connectivity index (χ0n) is 10.2. The topological polar surface area (TPSA) is 63.8 Å². The number of hydrogen-bond donors (Lipinski definition) is 2. The summed E-state index contributed by atoms with van der Waals surface area (Å²) >= 11 is 6.05. The van der Waals surface area contributed by atoms with Gasteiger partial charge in [0.1, 0.15) is 23.0 Å². The monoisotopic (exact) mass is 254 g/mol. The Hall–Kier alpha value is -1.03. The number of nitrogens with zero attached hydrogens (tertiary/aromatic N) is 2. The zero-order valence-corrected chi connectivity index (χ0v) is 10.9. The lowest BCUT2D eigenvalue weighted by Gasteiger charge is -2.28. The highest BCUT2D eigenvalue weighted by molar-refractivity contribution is 6.35. The largest absolute Gasteiger partial charge is 0.382 e. The summed E-state index contributed by atoms with van der Waals surface area (Å²) in [6.07, 6.45) is 7.86. The van der Waals surface area contributed by atoms with Gasteiger partial charge in [0.2, 0.25) is 0 Å². The van der Waals surface area contributed by atoms with Gasteiger partial charge in [-0.2, -0.15) is 0 Å². The first-order valence-electron chi connectivity index (χ1n) is 6.17. The van der Waals surface area contributed by atoms with Crippen LogP contribution in [0.3, 0.4) is 0 Å². The molecule has 2 rings (SSSR count). The van der Waals surface area contributed by atoms with Gasteiger partial charge in [0.05, 0.1) is 0 Å². The van der Waals surface area contributed by atoms with Crippen LogP contribution in [0.1, 0.15) is 39.0 Å². The van der Waals surface area contributed by atoms with Gasteiger partial charge in [-0.3, -0.25) is 0 Å². The summed E-state index contributed by atoms with van der Waals surface area (Å²) in [7, 11) is 0. The van der Waals surface area contributed by atoms with Crippen LogP contribution in [-0.2, 0) is 0 Å². The smallest absolute Gasteiger partial charge is 0.150 e. The first kappa shape index (κ1) is 12.4. The highest BCUT2D eigenvalue weighted by Gasteiger charge is 2.31. The molecule has 1 fully saturated rings. The molecule has 0 spiro atoms. The Morgan fingerprint density at radius 3 is 2.76 bits per heavy atom. The predicted octanol–water partition coefficient (Wildman–Crippen LogP) is 3.09. The van der Waals surface area contributed by atoms with E-state index in [0.29, 0.717) is 22.1 Å². The Labute approximate surface area is 107 Å². The van der Waals surface area contributed by atoms with Gasteiger partial charge >= 0.3 is 0 Å². The molecule has 0 amide bonds. The van der Waals surface area contributed by atoms with E-state index >= 15 is 0 Å². The lowest BCUT2D eigenvalue weighted by molar-refractivity contribution is 0.306. The predicted molar refractivity (Wildman–Crippen MR) is 71.1 cm³/mol. The highest BCUT2D eigenvalue weighted by atomic mass is 35.5. The first-order valence-corrected chi connectivity index (χ1v) is 6.54. The minimum Gasteiger partial charge on any atom is -0.382 e. The van der Waals surface area contributed by atoms with Crippen LogP contribution in [0.4, 0.5) is 11.6 Å². The number of nitrogens with two attached hydrogens (primary N) is 1. The zero-order chi connectivity index (χ0) is 12.3. The van der Waals surface area contributed by atoms with Gasteiger partial charge in [0, 0.05) is 6.54 Å². The van der Waals surface area contributed by atoms with Crippen molar-refractivity contribution in [1.82, 2.24) is 9.97 Å². The van der Waals surface area contributed by atoms with E-state index in [1.807, 2.05) is 0 Å². The Morgan fingerprint density at radius 1 is 1.41 bits per heavy atom. The summed E-state index contributed by atoms with van der Waals surface area (Å²) in [4.78, 5) is 7.98. The average Bonchev–Trinajstić information content (AvgIpc) is 2.81. The molecule has 0 radical (unpaired) electrons. The van der Waals surface area contributed by atoms with Crippen molar-refractivity contribution < 1.29 is 0 Å². The van der Waals surface area contributed by atoms with Crippen molar-refractivity contribution in [3.8, 4) is 0 Å². The summed E-state index contributed by atoms with van der Waals surface area (Å²) in [5.41, 5.74) is 6.05. The molecule has 1 aliphatic carbocycles. The number of anilines is 2. The van der Waals surface area contributed by atoms with Crippen LogP contribution in [0, 0.1) is 5.41 Å². The van der Waals surface area contributed by atoms with Gasteiger partial charge in [-0.1, -0.05) is 31.4 Å². The van der Waals surface area contributed by atoms with E-state index in [9.17, 15) is 0 Å². The summed E-state index contributed by atoms with van der Waals surface area (Å²) < 4.78 is 0. The van der Waals surface area contributed by atoms with Gasteiger partial charge in [-0.25, -0.2) is 9.97 Å². The maximum atomic E-state index is 6.05. The van der Waals surface area contributed by atoms with Crippen LogP contribution in [0.5, 0.6) is 0 Å². The average molecular weight is 255 g/mol. The van der Waals surface area contributed by atoms with E-state index in [-0.39, 0.29) is 0 Å². The number of rotatable bonds is 4. The quantitative estimate of drug-likeness (QED) is 0.867. The molecular weight excluding hydrogens is 236 g/mol. The SMILES string of the molecule is CCC1(CNc2ncnc(N)c2Cl)CCCC1. The molecule has 0 aliphatic heterocycles. The molecule has 1 heterocycles. The molecule has 17 heavy (non-hydrogen) atoms. The lowest BCUT2D eigenvalue weighted by Crippen LogP contribution is -2.26. The van der Waals surface area contributed by atoms with Crippen molar-refractivity contribution >= 4 is 23.2 Å². The molecule has 4 nitrogen and oxygen atoms in total. The van der Waals surface area contributed by atoms with Gasteiger partial charge in [-0.05, 0) is 24.7 Å². The van der Waals surface area contributed by atoms with Gasteiger partial charge < -0.3 is 11.1 Å². The Balaban J connectivity index is 2.04. The lowest BCUT2D eigenvalue weighted by atomic mass is 9.83. The van der Waals surface area contributed by atoms with Crippen molar-refractivity contribution in [2.45, 2.75) is 39.0 Å². The molecule has 1 aromatic heterocycles. The summed E-state index contributed by atoms with van der Waals surface area (Å²) in [6, 6.07) is 0. The van der Waals surface area contributed by atoms with Crippen molar-refractivity contribution in [2.24, 2.45) is 5.41 Å². The second-order valence-corrected chi connectivity index (χ2v) is 5.21. The Morgan fingerprint density at radius 2 is 2.12 bits per heavy atom. The molecule has 3 N–H and O–H groups in total. The fourth-order valence-corrected chi connectivity index (χ4v) is 2.72. The number of halogens is 1. The second kappa shape index (κ2) is 5.08. The molecular formula is C12H19ClN4. The molecule has 94 valence electrons. The number of aromatic nitrogens is 2. The van der Waals surface area contributed by atoms with Crippen LogP contribution in [0.25, 0.3) is 0 Å². The van der Waals surface area contributed by atoms with E-state index in [4.69, 9.17) is 17.3 Å². The summed E-state index contributed by atoms with van der Waals surface area (Å²) in [6.45, 7) is 3.17. The Kier molecular flexibility index (Phi) is 3.72.